The smallest absolute Gasteiger partial charge is 0.317 e. The van der Waals surface area contributed by atoms with Crippen LogP contribution in [0.25, 0.3) is 0 Å². The van der Waals surface area contributed by atoms with E-state index >= 15 is 0 Å². The first-order valence-corrected chi connectivity index (χ1v) is 7.63. The van der Waals surface area contributed by atoms with E-state index in [2.05, 4.69) is 19.2 Å². The number of likely N-dealkylation sites (tertiary alicyclic amines) is 1. The minimum Gasteiger partial charge on any atom is -0.481 e. The molecule has 1 fully saturated rings. The van der Waals surface area contributed by atoms with Crippen LogP contribution in [0.3, 0.4) is 0 Å². The molecule has 1 rings (SSSR count). The largest absolute Gasteiger partial charge is 0.481 e. The molecule has 0 aromatic carbocycles. The maximum absolute atomic E-state index is 12.0. The average Bonchev–Trinajstić information content (AvgIpc) is 2.84. The molecule has 1 heterocycles. The van der Waals surface area contributed by atoms with Crippen LogP contribution in [0.5, 0.6) is 0 Å². The van der Waals surface area contributed by atoms with Crippen LogP contribution in [0.1, 0.15) is 34.1 Å². The molecule has 6 heteroatoms. The van der Waals surface area contributed by atoms with Crippen molar-refractivity contribution in [3.05, 3.63) is 0 Å². The number of carboxylic acid groups (broad SMARTS) is 1. The Morgan fingerprint density at radius 3 is 2.48 bits per heavy atom. The van der Waals surface area contributed by atoms with Gasteiger partial charge >= 0.3 is 12.0 Å². The SMILES string of the molecule is CC(C)COCCNC(=O)N1CCC(C(=O)O)(C(C)C)C1. The van der Waals surface area contributed by atoms with E-state index in [4.69, 9.17) is 4.74 Å². The van der Waals surface area contributed by atoms with Gasteiger partial charge in [-0.2, -0.15) is 0 Å². The first-order valence-electron chi connectivity index (χ1n) is 7.63. The van der Waals surface area contributed by atoms with Crippen molar-refractivity contribution in [1.29, 1.82) is 0 Å². The first-order chi connectivity index (χ1) is 9.79. The Morgan fingerprint density at radius 1 is 1.33 bits per heavy atom. The predicted octanol–water partition coefficient (Wildman–Crippen LogP) is 1.80. The summed E-state index contributed by atoms with van der Waals surface area (Å²) in [5, 5.41) is 12.2. The fourth-order valence-electron chi connectivity index (χ4n) is 2.56. The topological polar surface area (TPSA) is 78.9 Å². The van der Waals surface area contributed by atoms with Gasteiger partial charge in [0.05, 0.1) is 12.0 Å². The molecule has 1 atom stereocenters. The molecule has 2 N–H and O–H groups in total. The summed E-state index contributed by atoms with van der Waals surface area (Å²) >= 11 is 0. The molecule has 6 nitrogen and oxygen atoms in total. The Hall–Kier alpha value is -1.30. The summed E-state index contributed by atoms with van der Waals surface area (Å²) < 4.78 is 5.40. The zero-order valence-corrected chi connectivity index (χ0v) is 13.5. The van der Waals surface area contributed by atoms with Crippen molar-refractivity contribution in [2.75, 3.05) is 32.8 Å². The molecule has 1 aliphatic rings. The summed E-state index contributed by atoms with van der Waals surface area (Å²) in [6.45, 7) is 10.3. The van der Waals surface area contributed by atoms with Crippen LogP contribution in [0, 0.1) is 17.3 Å². The van der Waals surface area contributed by atoms with Gasteiger partial charge in [-0.3, -0.25) is 4.79 Å². The third-order valence-corrected chi connectivity index (χ3v) is 4.09. The number of rotatable bonds is 7. The molecule has 0 aliphatic carbocycles. The van der Waals surface area contributed by atoms with Gasteiger partial charge < -0.3 is 20.1 Å². The summed E-state index contributed by atoms with van der Waals surface area (Å²) in [5.74, 6) is -0.336. The van der Waals surface area contributed by atoms with Gasteiger partial charge in [0.1, 0.15) is 0 Å². The lowest BCUT2D eigenvalue weighted by Gasteiger charge is -2.28. The van der Waals surface area contributed by atoms with E-state index < -0.39 is 11.4 Å². The summed E-state index contributed by atoms with van der Waals surface area (Å²) in [6, 6.07) is -0.202. The van der Waals surface area contributed by atoms with Crippen LogP contribution in [-0.4, -0.2) is 54.9 Å². The number of carbonyl (C=O) groups is 2. The molecule has 0 spiro atoms. The number of hydrogen-bond donors (Lipinski definition) is 2. The highest BCUT2D eigenvalue weighted by Gasteiger charge is 2.48. The fourth-order valence-corrected chi connectivity index (χ4v) is 2.56. The molecule has 1 aliphatic heterocycles. The molecule has 122 valence electrons. The molecule has 21 heavy (non-hydrogen) atoms. The molecule has 1 saturated heterocycles. The third kappa shape index (κ3) is 4.59. The minimum atomic E-state index is -0.814. The number of carboxylic acids is 1. The minimum absolute atomic E-state index is 0.00201. The lowest BCUT2D eigenvalue weighted by molar-refractivity contribution is -0.150. The van der Waals surface area contributed by atoms with Crippen molar-refractivity contribution in [1.82, 2.24) is 10.2 Å². The summed E-state index contributed by atoms with van der Waals surface area (Å²) in [4.78, 5) is 25.2. The Morgan fingerprint density at radius 2 is 2.00 bits per heavy atom. The Labute approximate surface area is 126 Å². The van der Waals surface area contributed by atoms with E-state index in [-0.39, 0.29) is 18.5 Å². The van der Waals surface area contributed by atoms with E-state index in [0.717, 1.165) is 0 Å². The number of aliphatic carboxylic acids is 1. The monoisotopic (exact) mass is 300 g/mol. The molecule has 0 aromatic heterocycles. The van der Waals surface area contributed by atoms with Crippen LogP contribution >= 0.6 is 0 Å². The maximum atomic E-state index is 12.0. The zero-order chi connectivity index (χ0) is 16.0. The molecule has 0 aromatic rings. The van der Waals surface area contributed by atoms with Gasteiger partial charge in [-0.25, -0.2) is 4.79 Å². The van der Waals surface area contributed by atoms with Crippen molar-refractivity contribution < 1.29 is 19.4 Å². The van der Waals surface area contributed by atoms with E-state index in [1.54, 1.807) is 4.90 Å². The molecular weight excluding hydrogens is 272 g/mol. The normalized spacial score (nSPS) is 22.1. The summed E-state index contributed by atoms with van der Waals surface area (Å²) in [6.07, 6.45) is 0.511. The summed E-state index contributed by atoms with van der Waals surface area (Å²) in [7, 11) is 0. The van der Waals surface area contributed by atoms with E-state index in [1.165, 1.54) is 0 Å². The van der Waals surface area contributed by atoms with Gasteiger partial charge in [0.25, 0.3) is 0 Å². The number of nitrogens with zero attached hydrogens (tertiary/aromatic N) is 1. The van der Waals surface area contributed by atoms with E-state index in [0.29, 0.717) is 38.6 Å². The van der Waals surface area contributed by atoms with Crippen molar-refractivity contribution in [3.8, 4) is 0 Å². The van der Waals surface area contributed by atoms with E-state index in [9.17, 15) is 14.7 Å². The second-order valence-corrected chi connectivity index (χ2v) is 6.49. The third-order valence-electron chi connectivity index (χ3n) is 4.09. The summed E-state index contributed by atoms with van der Waals surface area (Å²) in [5.41, 5.74) is -0.814. The quantitative estimate of drug-likeness (QED) is 0.703. The molecule has 0 saturated carbocycles. The van der Waals surface area contributed by atoms with Crippen molar-refractivity contribution >= 4 is 12.0 Å². The molecular formula is C15H28N2O4. The number of urea groups is 1. The van der Waals surface area contributed by atoms with Crippen LogP contribution in [0.15, 0.2) is 0 Å². The van der Waals surface area contributed by atoms with Crippen molar-refractivity contribution in [2.45, 2.75) is 34.1 Å². The zero-order valence-electron chi connectivity index (χ0n) is 13.5. The average molecular weight is 300 g/mol. The Balaban J connectivity index is 2.38. The van der Waals surface area contributed by atoms with Gasteiger partial charge in [0.15, 0.2) is 0 Å². The lowest BCUT2D eigenvalue weighted by Crippen LogP contribution is -2.44. The first kappa shape index (κ1) is 17.8. The van der Waals surface area contributed by atoms with E-state index in [1.807, 2.05) is 13.8 Å². The number of ether oxygens (including phenoxy) is 1. The second-order valence-electron chi connectivity index (χ2n) is 6.49. The highest BCUT2D eigenvalue weighted by atomic mass is 16.5. The van der Waals surface area contributed by atoms with Gasteiger partial charge in [-0.15, -0.1) is 0 Å². The number of carbonyl (C=O) groups excluding carboxylic acids is 1. The molecule has 2 amide bonds. The van der Waals surface area contributed by atoms with Crippen LogP contribution in [0.4, 0.5) is 4.79 Å². The van der Waals surface area contributed by atoms with Gasteiger partial charge in [0, 0.05) is 26.2 Å². The number of hydrogen-bond acceptors (Lipinski definition) is 3. The van der Waals surface area contributed by atoms with Gasteiger partial charge in [-0.05, 0) is 18.3 Å². The maximum Gasteiger partial charge on any atom is 0.317 e. The van der Waals surface area contributed by atoms with Crippen LogP contribution < -0.4 is 5.32 Å². The van der Waals surface area contributed by atoms with Crippen molar-refractivity contribution in [3.63, 3.8) is 0 Å². The Kier molecular flexibility index (Phi) is 6.45. The highest BCUT2D eigenvalue weighted by molar-refractivity contribution is 5.80. The lowest BCUT2D eigenvalue weighted by atomic mass is 9.76. The van der Waals surface area contributed by atoms with Crippen LogP contribution in [-0.2, 0) is 9.53 Å². The standard InChI is InChI=1S/C15H28N2O4/c1-11(2)9-21-8-6-16-14(20)17-7-5-15(10-17,12(3)4)13(18)19/h11-12H,5-10H2,1-4H3,(H,16,20)(H,18,19). The molecule has 1 unspecified atom stereocenters. The van der Waals surface area contributed by atoms with Gasteiger partial charge in [0.2, 0.25) is 0 Å². The molecule has 0 radical (unpaired) electrons. The Bertz CT molecular complexity index is 371. The predicted molar refractivity (Wildman–Crippen MR) is 80.2 cm³/mol. The highest BCUT2D eigenvalue weighted by Crippen LogP contribution is 2.38. The van der Waals surface area contributed by atoms with Crippen molar-refractivity contribution in [2.24, 2.45) is 17.3 Å². The van der Waals surface area contributed by atoms with Gasteiger partial charge in [-0.1, -0.05) is 27.7 Å². The molecule has 0 bridgehead atoms. The number of amides is 2. The fraction of sp³-hybridized carbons (Fsp3) is 0.867. The van der Waals surface area contributed by atoms with Crippen LogP contribution in [0.2, 0.25) is 0 Å². The number of nitrogens with one attached hydrogen (secondary N) is 1. The second kappa shape index (κ2) is 7.64.